The molecule has 27 heavy (non-hydrogen) atoms. The van der Waals surface area contributed by atoms with Crippen molar-refractivity contribution < 1.29 is 22.7 Å². The number of sulfonamides is 1. The second-order valence-electron chi connectivity index (χ2n) is 5.85. The summed E-state index contributed by atoms with van der Waals surface area (Å²) in [4.78, 5) is 11.4. The van der Waals surface area contributed by atoms with Crippen LogP contribution in [0.15, 0.2) is 47.4 Å². The van der Waals surface area contributed by atoms with E-state index in [9.17, 15) is 13.2 Å². The molecule has 0 fully saturated rings. The molecule has 7 nitrogen and oxygen atoms in total. The van der Waals surface area contributed by atoms with Gasteiger partial charge in [0.1, 0.15) is 11.5 Å². The van der Waals surface area contributed by atoms with Crippen LogP contribution in [0, 0.1) is 0 Å². The lowest BCUT2D eigenvalue weighted by Gasteiger charge is -2.20. The van der Waals surface area contributed by atoms with Gasteiger partial charge in [0.15, 0.2) is 0 Å². The average molecular weight is 392 g/mol. The molecule has 0 atom stereocenters. The van der Waals surface area contributed by atoms with Crippen molar-refractivity contribution in [1.82, 2.24) is 4.31 Å². The number of anilines is 1. The summed E-state index contributed by atoms with van der Waals surface area (Å²) in [6, 6.07) is 11.7. The van der Waals surface area contributed by atoms with Crippen molar-refractivity contribution in [2.24, 2.45) is 0 Å². The van der Waals surface area contributed by atoms with Crippen molar-refractivity contribution in [2.75, 3.05) is 26.1 Å². The van der Waals surface area contributed by atoms with Gasteiger partial charge < -0.3 is 14.8 Å². The highest BCUT2D eigenvalue weighted by molar-refractivity contribution is 7.89. The van der Waals surface area contributed by atoms with Crippen LogP contribution in [-0.4, -0.2) is 39.4 Å². The Bertz CT molecular complexity index is 912. The first-order valence-electron chi connectivity index (χ1n) is 8.42. The van der Waals surface area contributed by atoms with Crippen LogP contribution in [0.25, 0.3) is 0 Å². The van der Waals surface area contributed by atoms with Gasteiger partial charge in [-0.25, -0.2) is 8.42 Å². The van der Waals surface area contributed by atoms with Crippen molar-refractivity contribution in [1.29, 1.82) is 0 Å². The number of amides is 1. The summed E-state index contributed by atoms with van der Waals surface area (Å²) >= 11 is 0. The second-order valence-corrected chi connectivity index (χ2v) is 7.89. The number of carbonyl (C=O) groups is 1. The molecule has 0 radical (unpaired) electrons. The highest BCUT2D eigenvalue weighted by Gasteiger charge is 2.23. The molecule has 146 valence electrons. The van der Waals surface area contributed by atoms with Crippen LogP contribution in [0.3, 0.4) is 0 Å². The zero-order valence-corrected chi connectivity index (χ0v) is 16.7. The van der Waals surface area contributed by atoms with Crippen LogP contribution >= 0.6 is 0 Å². The number of ether oxygens (including phenoxy) is 2. The molecule has 0 heterocycles. The molecule has 0 aliphatic carbocycles. The summed E-state index contributed by atoms with van der Waals surface area (Å²) in [7, 11) is -0.831. The van der Waals surface area contributed by atoms with Gasteiger partial charge in [-0.2, -0.15) is 4.31 Å². The third-order valence-corrected chi connectivity index (χ3v) is 5.65. The smallest absolute Gasteiger partial charge is 0.243 e. The molecule has 0 unspecified atom stereocenters. The van der Waals surface area contributed by atoms with Gasteiger partial charge in [-0.15, -0.1) is 0 Å². The Balaban J connectivity index is 2.33. The van der Waals surface area contributed by atoms with E-state index >= 15 is 0 Å². The topological polar surface area (TPSA) is 84.9 Å². The molecular weight excluding hydrogens is 368 g/mol. The van der Waals surface area contributed by atoms with E-state index < -0.39 is 10.0 Å². The molecule has 1 N–H and O–H groups in total. The van der Waals surface area contributed by atoms with E-state index in [-0.39, 0.29) is 17.3 Å². The number of methoxy groups -OCH3 is 1. The Kier molecular flexibility index (Phi) is 6.81. The van der Waals surface area contributed by atoms with Crippen molar-refractivity contribution >= 4 is 21.6 Å². The third-order valence-electron chi connectivity index (χ3n) is 3.86. The number of benzene rings is 2. The normalized spacial score (nSPS) is 11.3. The van der Waals surface area contributed by atoms with Gasteiger partial charge >= 0.3 is 0 Å². The minimum absolute atomic E-state index is 0.0587. The third kappa shape index (κ3) is 4.99. The SMILES string of the molecule is CCOc1ccccc1CN(C)S(=O)(=O)c1ccc(OC)c(NC(C)=O)c1. The molecule has 0 aliphatic heterocycles. The van der Waals surface area contributed by atoms with E-state index in [0.29, 0.717) is 23.8 Å². The highest BCUT2D eigenvalue weighted by Crippen LogP contribution is 2.29. The van der Waals surface area contributed by atoms with Crippen molar-refractivity contribution in [2.45, 2.75) is 25.3 Å². The van der Waals surface area contributed by atoms with Crippen LogP contribution in [0.1, 0.15) is 19.4 Å². The maximum atomic E-state index is 13.0. The molecule has 8 heteroatoms. The molecule has 2 rings (SSSR count). The number of nitrogens with zero attached hydrogens (tertiary/aromatic N) is 1. The minimum atomic E-state index is -3.78. The van der Waals surface area contributed by atoms with Crippen LogP contribution in [0.2, 0.25) is 0 Å². The molecule has 0 aliphatic rings. The highest BCUT2D eigenvalue weighted by atomic mass is 32.2. The van der Waals surface area contributed by atoms with E-state index in [1.807, 2.05) is 31.2 Å². The van der Waals surface area contributed by atoms with Gasteiger partial charge in [0.05, 0.1) is 24.3 Å². The first-order valence-corrected chi connectivity index (χ1v) is 9.86. The number of nitrogens with one attached hydrogen (secondary N) is 1. The predicted octanol–water partition coefficient (Wildman–Crippen LogP) is 2.87. The number of hydrogen-bond donors (Lipinski definition) is 1. The monoisotopic (exact) mass is 392 g/mol. The van der Waals surface area contributed by atoms with Gasteiger partial charge in [0.2, 0.25) is 15.9 Å². The summed E-state index contributed by atoms with van der Waals surface area (Å²) in [5.74, 6) is 0.714. The Morgan fingerprint density at radius 3 is 2.48 bits per heavy atom. The van der Waals surface area contributed by atoms with Crippen LogP contribution in [0.5, 0.6) is 11.5 Å². The van der Waals surface area contributed by atoms with E-state index in [0.717, 1.165) is 5.56 Å². The fourth-order valence-corrected chi connectivity index (χ4v) is 3.75. The minimum Gasteiger partial charge on any atom is -0.495 e. The summed E-state index contributed by atoms with van der Waals surface area (Å²) in [5, 5.41) is 2.58. The molecule has 0 bridgehead atoms. The number of carbonyl (C=O) groups excluding carboxylic acids is 1. The lowest BCUT2D eigenvalue weighted by molar-refractivity contribution is -0.114. The molecule has 0 saturated carbocycles. The van der Waals surface area contributed by atoms with Gasteiger partial charge in [-0.1, -0.05) is 18.2 Å². The Hall–Kier alpha value is -2.58. The van der Waals surface area contributed by atoms with Gasteiger partial charge in [0, 0.05) is 26.1 Å². The number of para-hydroxylation sites is 1. The summed E-state index contributed by atoms with van der Waals surface area (Å²) in [6.07, 6.45) is 0. The lowest BCUT2D eigenvalue weighted by Crippen LogP contribution is -2.27. The van der Waals surface area contributed by atoms with Gasteiger partial charge in [0.25, 0.3) is 0 Å². The molecule has 1 amide bonds. The van der Waals surface area contributed by atoms with E-state index in [1.54, 1.807) is 0 Å². The van der Waals surface area contributed by atoms with E-state index in [1.165, 1.54) is 43.6 Å². The summed E-state index contributed by atoms with van der Waals surface area (Å²) < 4.78 is 37.9. The Labute approximate surface area is 160 Å². The molecule has 0 saturated heterocycles. The lowest BCUT2D eigenvalue weighted by atomic mass is 10.2. The summed E-state index contributed by atoms with van der Waals surface area (Å²) in [5.41, 5.74) is 1.07. The molecular formula is C19H24N2O5S. The van der Waals surface area contributed by atoms with Gasteiger partial charge in [-0.05, 0) is 31.2 Å². The fourth-order valence-electron chi connectivity index (χ4n) is 2.57. The van der Waals surface area contributed by atoms with Crippen LogP contribution in [-0.2, 0) is 21.4 Å². The number of hydrogen-bond acceptors (Lipinski definition) is 5. The predicted molar refractivity (Wildman–Crippen MR) is 104 cm³/mol. The molecule has 2 aromatic rings. The van der Waals surface area contributed by atoms with Crippen molar-refractivity contribution in [3.8, 4) is 11.5 Å². The zero-order chi connectivity index (χ0) is 20.0. The van der Waals surface area contributed by atoms with Crippen molar-refractivity contribution in [3.05, 3.63) is 48.0 Å². The fraction of sp³-hybridized carbons (Fsp3) is 0.316. The van der Waals surface area contributed by atoms with E-state index in [2.05, 4.69) is 5.32 Å². The molecule has 0 aromatic heterocycles. The molecule has 2 aromatic carbocycles. The maximum Gasteiger partial charge on any atom is 0.243 e. The van der Waals surface area contributed by atoms with Gasteiger partial charge in [-0.3, -0.25) is 4.79 Å². The standard InChI is InChI=1S/C19H24N2O5S/c1-5-26-18-9-7-6-8-15(18)13-21(3)27(23,24)16-10-11-19(25-4)17(12-16)20-14(2)22/h6-12H,5,13H2,1-4H3,(H,20,22). The molecule has 0 spiro atoms. The Morgan fingerprint density at radius 2 is 1.85 bits per heavy atom. The quantitative estimate of drug-likeness (QED) is 0.747. The van der Waals surface area contributed by atoms with Crippen molar-refractivity contribution in [3.63, 3.8) is 0 Å². The van der Waals surface area contributed by atoms with E-state index in [4.69, 9.17) is 9.47 Å². The first-order chi connectivity index (χ1) is 12.8. The summed E-state index contributed by atoms with van der Waals surface area (Å²) in [6.45, 7) is 3.86. The average Bonchev–Trinajstić information content (AvgIpc) is 2.63. The second kappa shape index (κ2) is 8.88. The maximum absolute atomic E-state index is 13.0. The first kappa shape index (κ1) is 20.7. The Morgan fingerprint density at radius 1 is 1.15 bits per heavy atom. The van der Waals surface area contributed by atoms with Crippen LogP contribution < -0.4 is 14.8 Å². The largest absolute Gasteiger partial charge is 0.495 e. The van der Waals surface area contributed by atoms with Crippen LogP contribution in [0.4, 0.5) is 5.69 Å². The number of rotatable bonds is 8. The zero-order valence-electron chi connectivity index (χ0n) is 15.9.